The molecular weight excluding hydrogens is 450 g/mol. The van der Waals surface area contributed by atoms with Gasteiger partial charge in [-0.15, -0.1) is 11.8 Å². The maximum Gasteiger partial charge on any atom is 0.303 e. The molecule has 1 aromatic carbocycles. The van der Waals surface area contributed by atoms with Crippen LogP contribution in [0.2, 0.25) is 0 Å². The minimum Gasteiger partial charge on any atom is -0.455 e. The van der Waals surface area contributed by atoms with Crippen LogP contribution in [-0.4, -0.2) is 45.1 Å². The number of carbonyl (C=O) groups is 3. The molecule has 34 heavy (non-hydrogen) atoms. The number of esters is 2. The van der Waals surface area contributed by atoms with E-state index in [1.54, 1.807) is 23.6 Å². The molecule has 5 aliphatic rings. The maximum absolute atomic E-state index is 13.0. The number of thioether (sulfide) groups is 1. The smallest absolute Gasteiger partial charge is 0.303 e. The standard InChI is InChI=1S/C27H33NO5S/c1-16(29)28-15-23(22-7-5-4-6-8-22)24(32-17(2)30)25(33-18(3)31)26(28)34-27-12-19-9-20(13-27)11-21(10-19)14-27/h4-8,15,19-21,24-26H,9-14H2,1-3H3/t19?,20?,21?,24-,25+,26-,27?/m0/s1. The highest BCUT2D eigenvalue weighted by atomic mass is 32.2. The van der Waals surface area contributed by atoms with Crippen molar-refractivity contribution in [2.45, 2.75) is 81.6 Å². The number of rotatable bonds is 5. The van der Waals surface area contributed by atoms with E-state index in [9.17, 15) is 14.4 Å². The van der Waals surface area contributed by atoms with Crippen molar-refractivity contribution in [3.8, 4) is 0 Å². The second-order valence-corrected chi connectivity index (χ2v) is 12.2. The Morgan fingerprint density at radius 3 is 1.94 bits per heavy atom. The van der Waals surface area contributed by atoms with Crippen LogP contribution in [0.1, 0.15) is 64.9 Å². The normalized spacial score (nSPS) is 36.1. The first kappa shape index (κ1) is 23.5. The number of benzene rings is 1. The molecule has 0 saturated heterocycles. The van der Waals surface area contributed by atoms with E-state index < -0.39 is 29.5 Å². The minimum atomic E-state index is -0.788. The first-order valence-corrected chi connectivity index (χ1v) is 13.2. The van der Waals surface area contributed by atoms with E-state index in [1.165, 1.54) is 33.1 Å². The quantitative estimate of drug-likeness (QED) is 0.561. The first-order valence-electron chi connectivity index (χ1n) is 12.3. The van der Waals surface area contributed by atoms with Crippen molar-refractivity contribution in [3.63, 3.8) is 0 Å². The fourth-order valence-corrected chi connectivity index (χ4v) is 9.26. The van der Waals surface area contributed by atoms with E-state index in [2.05, 4.69) is 0 Å². The molecule has 4 fully saturated rings. The van der Waals surface area contributed by atoms with Gasteiger partial charge in [0, 0.05) is 37.3 Å². The monoisotopic (exact) mass is 483 g/mol. The summed E-state index contributed by atoms with van der Waals surface area (Å²) in [5.74, 6) is 1.24. The molecule has 6 nitrogen and oxygen atoms in total. The molecule has 6 rings (SSSR count). The predicted molar refractivity (Wildman–Crippen MR) is 130 cm³/mol. The van der Waals surface area contributed by atoms with E-state index >= 15 is 0 Å². The molecule has 4 saturated carbocycles. The van der Waals surface area contributed by atoms with Crippen LogP contribution in [0.15, 0.2) is 36.5 Å². The van der Waals surface area contributed by atoms with Crippen LogP contribution < -0.4 is 0 Å². The zero-order chi connectivity index (χ0) is 24.0. The Morgan fingerprint density at radius 2 is 1.44 bits per heavy atom. The summed E-state index contributed by atoms with van der Waals surface area (Å²) in [7, 11) is 0. The van der Waals surface area contributed by atoms with E-state index in [0.29, 0.717) is 5.57 Å². The summed E-state index contributed by atoms with van der Waals surface area (Å²) >= 11 is 1.78. The molecule has 4 aliphatic carbocycles. The molecule has 1 amide bonds. The molecule has 0 radical (unpaired) electrons. The largest absolute Gasteiger partial charge is 0.455 e. The lowest BCUT2D eigenvalue weighted by Gasteiger charge is -2.58. The number of hydrogen-bond donors (Lipinski definition) is 0. The van der Waals surface area contributed by atoms with Crippen LogP contribution in [0, 0.1) is 17.8 Å². The van der Waals surface area contributed by atoms with Gasteiger partial charge in [0.05, 0.1) is 0 Å². The maximum atomic E-state index is 13.0. The van der Waals surface area contributed by atoms with Gasteiger partial charge in [0.15, 0.2) is 12.2 Å². The highest BCUT2D eigenvalue weighted by Crippen LogP contribution is 2.62. The van der Waals surface area contributed by atoms with Crippen LogP contribution in [0.3, 0.4) is 0 Å². The van der Waals surface area contributed by atoms with E-state index in [4.69, 9.17) is 9.47 Å². The Kier molecular flexibility index (Phi) is 6.25. The van der Waals surface area contributed by atoms with Gasteiger partial charge in [-0.25, -0.2) is 0 Å². The Balaban J connectivity index is 1.57. The Hall–Kier alpha value is -2.28. The number of nitrogens with zero attached hydrogens (tertiary/aromatic N) is 1. The van der Waals surface area contributed by atoms with E-state index in [0.717, 1.165) is 42.6 Å². The van der Waals surface area contributed by atoms with Crippen LogP contribution >= 0.6 is 11.8 Å². The summed E-state index contributed by atoms with van der Waals surface area (Å²) in [6.45, 7) is 4.28. The molecule has 1 heterocycles. The zero-order valence-corrected chi connectivity index (χ0v) is 20.9. The Labute approximate surface area is 205 Å². The summed E-state index contributed by atoms with van der Waals surface area (Å²) in [5.41, 5.74) is 1.50. The van der Waals surface area contributed by atoms with Gasteiger partial charge in [-0.2, -0.15) is 0 Å². The van der Waals surface area contributed by atoms with Crippen molar-refractivity contribution in [1.82, 2.24) is 4.90 Å². The highest BCUT2D eigenvalue weighted by molar-refractivity contribution is 8.01. The molecule has 1 aromatic rings. The van der Waals surface area contributed by atoms with Gasteiger partial charge in [-0.05, 0) is 61.8 Å². The van der Waals surface area contributed by atoms with E-state index in [-0.39, 0.29) is 10.7 Å². The van der Waals surface area contributed by atoms with Gasteiger partial charge in [-0.1, -0.05) is 30.3 Å². The van der Waals surface area contributed by atoms with Gasteiger partial charge in [-0.3, -0.25) is 14.4 Å². The van der Waals surface area contributed by atoms with Crippen molar-refractivity contribution < 1.29 is 23.9 Å². The summed E-state index contributed by atoms with van der Waals surface area (Å²) < 4.78 is 11.8. The number of amides is 1. The first-order chi connectivity index (χ1) is 16.2. The molecule has 3 atom stereocenters. The third kappa shape index (κ3) is 4.51. The summed E-state index contributed by atoms with van der Waals surface area (Å²) in [6, 6.07) is 9.54. The van der Waals surface area contributed by atoms with Crippen molar-refractivity contribution in [3.05, 3.63) is 42.1 Å². The van der Waals surface area contributed by atoms with Crippen LogP contribution in [0.5, 0.6) is 0 Å². The molecule has 7 heteroatoms. The summed E-state index contributed by atoms with van der Waals surface area (Å²) in [6.07, 6.45) is 7.63. The van der Waals surface area contributed by atoms with Gasteiger partial charge in [0.1, 0.15) is 5.37 Å². The third-order valence-electron chi connectivity index (χ3n) is 7.86. The van der Waals surface area contributed by atoms with Crippen LogP contribution in [0.4, 0.5) is 0 Å². The van der Waals surface area contributed by atoms with Gasteiger partial charge in [0.25, 0.3) is 0 Å². The van der Waals surface area contributed by atoms with E-state index in [1.807, 2.05) is 36.5 Å². The van der Waals surface area contributed by atoms with Gasteiger partial charge >= 0.3 is 11.9 Å². The molecule has 4 bridgehead atoms. The van der Waals surface area contributed by atoms with Crippen LogP contribution in [0.25, 0.3) is 5.57 Å². The van der Waals surface area contributed by atoms with Gasteiger partial charge < -0.3 is 14.4 Å². The Bertz CT molecular complexity index is 970. The lowest BCUT2D eigenvalue weighted by atomic mass is 9.56. The third-order valence-corrected chi connectivity index (χ3v) is 9.59. The summed E-state index contributed by atoms with van der Waals surface area (Å²) in [5, 5.41) is -0.450. The number of ether oxygens (including phenoxy) is 2. The second-order valence-electron chi connectivity index (χ2n) is 10.6. The molecule has 0 N–H and O–H groups in total. The molecule has 0 aromatic heterocycles. The predicted octanol–water partition coefficient (Wildman–Crippen LogP) is 4.78. The molecule has 1 aliphatic heterocycles. The van der Waals surface area contributed by atoms with Crippen LogP contribution in [-0.2, 0) is 23.9 Å². The summed E-state index contributed by atoms with van der Waals surface area (Å²) in [4.78, 5) is 39.1. The fraction of sp³-hybridized carbons (Fsp3) is 0.593. The van der Waals surface area contributed by atoms with Crippen molar-refractivity contribution in [2.75, 3.05) is 0 Å². The number of hydrogen-bond acceptors (Lipinski definition) is 6. The SMILES string of the molecule is CC(=O)O[C@@H]1[C@@H](OC(C)=O)C(c2ccccc2)=CN(C(C)=O)[C@H]1SC12CC3CC(CC(C3)C1)C2. The molecule has 0 unspecified atom stereocenters. The average molecular weight is 484 g/mol. The molecule has 182 valence electrons. The second kappa shape index (κ2) is 9.06. The fourth-order valence-electron chi connectivity index (χ4n) is 7.10. The lowest BCUT2D eigenvalue weighted by Crippen LogP contribution is -2.57. The Morgan fingerprint density at radius 1 is 0.882 bits per heavy atom. The number of carbonyl (C=O) groups excluding carboxylic acids is 3. The topological polar surface area (TPSA) is 72.9 Å². The van der Waals surface area contributed by atoms with Gasteiger partial charge in [0.2, 0.25) is 5.91 Å². The molecular formula is C27H33NO5S. The lowest BCUT2D eigenvalue weighted by molar-refractivity contribution is -0.164. The highest BCUT2D eigenvalue weighted by Gasteiger charge is 2.55. The molecule has 0 spiro atoms. The average Bonchev–Trinajstić information content (AvgIpc) is 2.74. The minimum absolute atomic E-state index is 0.0738. The zero-order valence-electron chi connectivity index (χ0n) is 20.1. The van der Waals surface area contributed by atoms with Crippen molar-refractivity contribution in [1.29, 1.82) is 0 Å². The van der Waals surface area contributed by atoms with Crippen molar-refractivity contribution >= 4 is 35.2 Å². The van der Waals surface area contributed by atoms with Crippen molar-refractivity contribution in [2.24, 2.45) is 17.8 Å².